The third kappa shape index (κ3) is 4.55. The van der Waals surface area contributed by atoms with Crippen LogP contribution in [0.25, 0.3) is 0 Å². The number of nitro benzene ring substituents is 1. The molecule has 0 amide bonds. The van der Waals surface area contributed by atoms with E-state index in [9.17, 15) is 28.1 Å². The van der Waals surface area contributed by atoms with Crippen LogP contribution in [0.2, 0.25) is 0 Å². The summed E-state index contributed by atoms with van der Waals surface area (Å²) < 4.78 is 47.7. The number of alkyl halides is 3. The first-order chi connectivity index (χ1) is 12.7. The van der Waals surface area contributed by atoms with Gasteiger partial charge in [0.2, 0.25) is 0 Å². The highest BCUT2D eigenvalue weighted by Gasteiger charge is 2.35. The lowest BCUT2D eigenvalue weighted by Gasteiger charge is -2.34. The monoisotopic (exact) mass is 381 g/mol. The summed E-state index contributed by atoms with van der Waals surface area (Å²) in [6, 6.07) is 9.89. The summed E-state index contributed by atoms with van der Waals surface area (Å²) in [7, 11) is 0. The van der Waals surface area contributed by atoms with Crippen molar-refractivity contribution in [2.24, 2.45) is 0 Å². The summed E-state index contributed by atoms with van der Waals surface area (Å²) in [6.45, 7) is 0. The Morgan fingerprint density at radius 1 is 1.04 bits per heavy atom. The molecule has 2 aromatic carbocycles. The molecule has 0 saturated heterocycles. The molecule has 0 radical (unpaired) electrons. The van der Waals surface area contributed by atoms with Gasteiger partial charge in [-0.25, -0.2) is 4.79 Å². The highest BCUT2D eigenvalue weighted by molar-refractivity contribution is 5.64. The zero-order chi connectivity index (χ0) is 19.6. The zero-order valence-corrected chi connectivity index (χ0v) is 13.8. The SMILES string of the molecule is O=C(Oc1ccc([N+](=O)[O-])cc1)OC1CC(c2ccc(C(F)(F)F)cc2)C1. The van der Waals surface area contributed by atoms with Gasteiger partial charge in [-0.2, -0.15) is 13.2 Å². The molecule has 0 unspecified atom stereocenters. The van der Waals surface area contributed by atoms with Crippen LogP contribution < -0.4 is 4.74 Å². The van der Waals surface area contributed by atoms with Gasteiger partial charge in [0.05, 0.1) is 10.5 Å². The summed E-state index contributed by atoms with van der Waals surface area (Å²) in [4.78, 5) is 21.7. The molecule has 0 N–H and O–H groups in total. The van der Waals surface area contributed by atoms with Crippen LogP contribution in [-0.4, -0.2) is 17.2 Å². The fraction of sp³-hybridized carbons (Fsp3) is 0.278. The van der Waals surface area contributed by atoms with Gasteiger partial charge in [-0.1, -0.05) is 12.1 Å². The van der Waals surface area contributed by atoms with Crippen molar-refractivity contribution in [3.63, 3.8) is 0 Å². The molecule has 1 saturated carbocycles. The molecule has 1 fully saturated rings. The number of rotatable bonds is 4. The second-order valence-corrected chi connectivity index (χ2v) is 6.13. The Labute approximate surface area is 151 Å². The summed E-state index contributed by atoms with van der Waals surface area (Å²) in [6.07, 6.45) is -4.71. The predicted octanol–water partition coefficient (Wildman–Crippen LogP) is 5.08. The topological polar surface area (TPSA) is 78.7 Å². The molecule has 6 nitrogen and oxygen atoms in total. The van der Waals surface area contributed by atoms with E-state index < -0.39 is 22.8 Å². The standard InChI is InChI=1S/C18H14F3NO5/c19-18(20,21)13-3-1-11(2-4-13)12-9-16(10-12)27-17(23)26-15-7-5-14(6-8-15)22(24)25/h1-8,12,16H,9-10H2. The maximum absolute atomic E-state index is 12.6. The molecule has 0 bridgehead atoms. The maximum Gasteiger partial charge on any atom is 0.514 e. The second kappa shape index (κ2) is 7.26. The van der Waals surface area contributed by atoms with Crippen molar-refractivity contribution in [2.75, 3.05) is 0 Å². The number of nitro groups is 1. The number of benzene rings is 2. The number of ether oxygens (including phenoxy) is 2. The van der Waals surface area contributed by atoms with E-state index >= 15 is 0 Å². The van der Waals surface area contributed by atoms with Crippen molar-refractivity contribution in [3.8, 4) is 5.75 Å². The molecule has 27 heavy (non-hydrogen) atoms. The van der Waals surface area contributed by atoms with Gasteiger partial charge in [-0.3, -0.25) is 10.1 Å². The number of non-ortho nitro benzene ring substituents is 1. The van der Waals surface area contributed by atoms with E-state index in [1.807, 2.05) is 0 Å². The fourth-order valence-electron chi connectivity index (χ4n) is 2.77. The van der Waals surface area contributed by atoms with Gasteiger partial charge < -0.3 is 9.47 Å². The highest BCUT2D eigenvalue weighted by Crippen LogP contribution is 2.40. The summed E-state index contributed by atoms with van der Waals surface area (Å²) >= 11 is 0. The van der Waals surface area contributed by atoms with E-state index in [1.165, 1.54) is 36.4 Å². The minimum Gasteiger partial charge on any atom is -0.431 e. The third-order valence-corrected chi connectivity index (χ3v) is 4.32. The number of halogens is 3. The van der Waals surface area contributed by atoms with Gasteiger partial charge in [0, 0.05) is 12.1 Å². The van der Waals surface area contributed by atoms with Crippen molar-refractivity contribution in [2.45, 2.75) is 31.0 Å². The van der Waals surface area contributed by atoms with Gasteiger partial charge in [-0.05, 0) is 48.6 Å². The van der Waals surface area contributed by atoms with Crippen LogP contribution in [0.1, 0.15) is 29.9 Å². The molecular weight excluding hydrogens is 367 g/mol. The van der Waals surface area contributed by atoms with Gasteiger partial charge in [0.15, 0.2) is 0 Å². The molecule has 9 heteroatoms. The summed E-state index contributed by atoms with van der Waals surface area (Å²) in [5.41, 5.74) is -0.0780. The van der Waals surface area contributed by atoms with Crippen molar-refractivity contribution < 1.29 is 32.4 Å². The molecule has 0 aliphatic heterocycles. The fourth-order valence-corrected chi connectivity index (χ4v) is 2.77. The van der Waals surface area contributed by atoms with E-state index in [0.717, 1.165) is 17.7 Å². The van der Waals surface area contributed by atoms with Crippen LogP contribution in [0.4, 0.5) is 23.7 Å². The molecule has 0 aromatic heterocycles. The van der Waals surface area contributed by atoms with Gasteiger partial charge >= 0.3 is 12.3 Å². The first kappa shape index (κ1) is 18.7. The minimum absolute atomic E-state index is 0.0180. The van der Waals surface area contributed by atoms with E-state index in [1.54, 1.807) is 0 Å². The lowest BCUT2D eigenvalue weighted by Crippen LogP contribution is -2.32. The van der Waals surface area contributed by atoms with Crippen molar-refractivity contribution in [3.05, 3.63) is 69.8 Å². The van der Waals surface area contributed by atoms with Gasteiger partial charge in [0.25, 0.3) is 5.69 Å². The Morgan fingerprint density at radius 3 is 2.15 bits per heavy atom. The van der Waals surface area contributed by atoms with Crippen LogP contribution in [0.15, 0.2) is 48.5 Å². The minimum atomic E-state index is -4.37. The average Bonchev–Trinajstić information content (AvgIpc) is 2.57. The van der Waals surface area contributed by atoms with Crippen LogP contribution in [0, 0.1) is 10.1 Å². The molecule has 0 heterocycles. The molecule has 1 aliphatic rings. The number of carbonyl (C=O) groups excluding carboxylic acids is 1. The third-order valence-electron chi connectivity index (χ3n) is 4.32. The lowest BCUT2D eigenvalue weighted by atomic mass is 9.77. The number of hydrogen-bond donors (Lipinski definition) is 0. The molecule has 1 aliphatic carbocycles. The van der Waals surface area contributed by atoms with E-state index in [0.29, 0.717) is 12.8 Å². The average molecular weight is 381 g/mol. The summed E-state index contributed by atoms with van der Waals surface area (Å²) in [5, 5.41) is 10.6. The van der Waals surface area contributed by atoms with E-state index in [2.05, 4.69) is 0 Å². The Kier molecular flexibility index (Phi) is 5.02. The predicted molar refractivity (Wildman–Crippen MR) is 87.4 cm³/mol. The van der Waals surface area contributed by atoms with E-state index in [-0.39, 0.29) is 23.5 Å². The maximum atomic E-state index is 12.6. The van der Waals surface area contributed by atoms with Crippen molar-refractivity contribution in [1.82, 2.24) is 0 Å². The molecular formula is C18H14F3NO5. The number of carbonyl (C=O) groups is 1. The van der Waals surface area contributed by atoms with E-state index in [4.69, 9.17) is 9.47 Å². The van der Waals surface area contributed by atoms with Crippen LogP contribution in [0.3, 0.4) is 0 Å². The quantitative estimate of drug-likeness (QED) is 0.320. The van der Waals surface area contributed by atoms with Crippen LogP contribution in [-0.2, 0) is 10.9 Å². The lowest BCUT2D eigenvalue weighted by molar-refractivity contribution is -0.384. The van der Waals surface area contributed by atoms with Crippen molar-refractivity contribution in [1.29, 1.82) is 0 Å². The number of nitrogens with zero attached hydrogens (tertiary/aromatic N) is 1. The second-order valence-electron chi connectivity index (χ2n) is 6.13. The zero-order valence-electron chi connectivity index (χ0n) is 13.8. The molecule has 142 valence electrons. The normalized spacial score (nSPS) is 19.1. The first-order valence-corrected chi connectivity index (χ1v) is 8.02. The van der Waals surface area contributed by atoms with Gasteiger partial charge in [0.1, 0.15) is 11.9 Å². The Hall–Kier alpha value is -3.10. The summed E-state index contributed by atoms with van der Waals surface area (Å²) in [5.74, 6) is 0.133. The van der Waals surface area contributed by atoms with Gasteiger partial charge in [-0.15, -0.1) is 0 Å². The largest absolute Gasteiger partial charge is 0.514 e. The van der Waals surface area contributed by atoms with Crippen LogP contribution in [0.5, 0.6) is 5.75 Å². The smallest absolute Gasteiger partial charge is 0.431 e. The van der Waals surface area contributed by atoms with Crippen LogP contribution >= 0.6 is 0 Å². The Bertz CT molecular complexity index is 828. The molecule has 0 spiro atoms. The first-order valence-electron chi connectivity index (χ1n) is 8.02. The Balaban J connectivity index is 1.47. The number of hydrogen-bond acceptors (Lipinski definition) is 5. The van der Waals surface area contributed by atoms with Crippen molar-refractivity contribution >= 4 is 11.8 Å². The molecule has 2 aromatic rings. The molecule has 0 atom stereocenters. The molecule has 3 rings (SSSR count). The highest BCUT2D eigenvalue weighted by atomic mass is 19.4. The Morgan fingerprint density at radius 2 is 1.63 bits per heavy atom.